The highest BCUT2D eigenvalue weighted by molar-refractivity contribution is 5.93. The Balaban J connectivity index is 1.51. The largest absolute Gasteiger partial charge is 0.332 e. The highest BCUT2D eigenvalue weighted by Crippen LogP contribution is 2.23. The fraction of sp³-hybridized carbons (Fsp3) is 0.278. The van der Waals surface area contributed by atoms with Gasteiger partial charge in [-0.05, 0) is 49.2 Å². The van der Waals surface area contributed by atoms with Crippen molar-refractivity contribution < 1.29 is 9.18 Å². The van der Waals surface area contributed by atoms with Gasteiger partial charge < -0.3 is 4.90 Å². The number of nitrogens with zero attached hydrogens (tertiary/aromatic N) is 4. The third kappa shape index (κ3) is 3.17. The van der Waals surface area contributed by atoms with E-state index in [0.717, 1.165) is 24.9 Å². The van der Waals surface area contributed by atoms with Crippen LogP contribution >= 0.6 is 0 Å². The molecule has 1 fully saturated rings. The van der Waals surface area contributed by atoms with Crippen LogP contribution in [-0.4, -0.2) is 43.4 Å². The fourth-order valence-corrected chi connectivity index (χ4v) is 3.27. The lowest BCUT2D eigenvalue weighted by Gasteiger charge is -2.24. The summed E-state index contributed by atoms with van der Waals surface area (Å²) in [4.78, 5) is 14.7. The van der Waals surface area contributed by atoms with Crippen molar-refractivity contribution in [1.29, 1.82) is 0 Å². The molecule has 7 heteroatoms. The minimum absolute atomic E-state index is 0.0597. The van der Waals surface area contributed by atoms with Crippen LogP contribution in [0.4, 0.5) is 4.39 Å². The zero-order valence-electron chi connectivity index (χ0n) is 13.6. The van der Waals surface area contributed by atoms with Crippen molar-refractivity contribution in [3.63, 3.8) is 0 Å². The summed E-state index contributed by atoms with van der Waals surface area (Å²) >= 11 is 0. The summed E-state index contributed by atoms with van der Waals surface area (Å²) in [6, 6.07) is 9.79. The minimum Gasteiger partial charge on any atom is -0.332 e. The molecule has 1 N–H and O–H groups in total. The van der Waals surface area contributed by atoms with Crippen molar-refractivity contribution in [3.8, 4) is 11.3 Å². The minimum atomic E-state index is -0.297. The Morgan fingerprint density at radius 3 is 2.92 bits per heavy atom. The lowest BCUT2D eigenvalue weighted by Crippen LogP contribution is -2.38. The summed E-state index contributed by atoms with van der Waals surface area (Å²) in [6.07, 6.45) is 5.59. The smallest absolute Gasteiger partial charge is 0.272 e. The molecule has 1 aliphatic heterocycles. The number of H-pyrrole nitrogens is 1. The Morgan fingerprint density at radius 1 is 1.32 bits per heavy atom. The molecule has 3 heterocycles. The summed E-state index contributed by atoms with van der Waals surface area (Å²) < 4.78 is 14.9. The van der Waals surface area contributed by atoms with E-state index in [1.807, 2.05) is 21.8 Å². The summed E-state index contributed by atoms with van der Waals surface area (Å²) in [5, 5.41) is 11.2. The van der Waals surface area contributed by atoms with Crippen LogP contribution in [-0.2, 0) is 6.54 Å². The molecular weight excluding hydrogens is 321 g/mol. The van der Waals surface area contributed by atoms with E-state index in [2.05, 4.69) is 15.3 Å². The molecule has 0 spiro atoms. The number of likely N-dealkylation sites (tertiary alicyclic amines) is 1. The SMILES string of the molecule is O=C(c1cc(-c2ccc(F)cc2)n[nH]1)N1CCCC1Cn1cccn1. The van der Waals surface area contributed by atoms with Gasteiger partial charge in [0.1, 0.15) is 11.5 Å². The van der Waals surface area contributed by atoms with Crippen LogP contribution in [0.1, 0.15) is 23.3 Å². The normalized spacial score (nSPS) is 17.2. The number of carbonyl (C=O) groups is 1. The van der Waals surface area contributed by atoms with Gasteiger partial charge in [0.2, 0.25) is 0 Å². The molecule has 1 aliphatic rings. The molecule has 6 nitrogen and oxygen atoms in total. The van der Waals surface area contributed by atoms with Crippen LogP contribution in [0.15, 0.2) is 48.8 Å². The molecule has 4 rings (SSSR count). The van der Waals surface area contributed by atoms with Crippen molar-refractivity contribution >= 4 is 5.91 Å². The fourth-order valence-electron chi connectivity index (χ4n) is 3.27. The number of hydrogen-bond acceptors (Lipinski definition) is 3. The van der Waals surface area contributed by atoms with Crippen molar-refractivity contribution in [2.45, 2.75) is 25.4 Å². The van der Waals surface area contributed by atoms with E-state index in [1.165, 1.54) is 12.1 Å². The third-order valence-electron chi connectivity index (χ3n) is 4.54. The summed E-state index contributed by atoms with van der Waals surface area (Å²) in [7, 11) is 0. The Morgan fingerprint density at radius 2 is 2.16 bits per heavy atom. The van der Waals surface area contributed by atoms with E-state index in [4.69, 9.17) is 0 Å². The summed E-state index contributed by atoms with van der Waals surface area (Å²) in [5.41, 5.74) is 1.85. The topological polar surface area (TPSA) is 66.8 Å². The summed E-state index contributed by atoms with van der Waals surface area (Å²) in [6.45, 7) is 1.42. The van der Waals surface area contributed by atoms with Gasteiger partial charge in [-0.1, -0.05) is 0 Å². The second kappa shape index (κ2) is 6.51. The molecule has 0 saturated carbocycles. The first-order chi connectivity index (χ1) is 12.2. The van der Waals surface area contributed by atoms with Crippen LogP contribution < -0.4 is 0 Å². The van der Waals surface area contributed by atoms with E-state index in [0.29, 0.717) is 17.9 Å². The van der Waals surface area contributed by atoms with Crippen LogP contribution in [0.25, 0.3) is 11.3 Å². The quantitative estimate of drug-likeness (QED) is 0.795. The maximum absolute atomic E-state index is 13.0. The molecule has 2 aromatic heterocycles. The van der Waals surface area contributed by atoms with Gasteiger partial charge in [-0.25, -0.2) is 4.39 Å². The maximum atomic E-state index is 13.0. The lowest BCUT2D eigenvalue weighted by molar-refractivity contribution is 0.0715. The van der Waals surface area contributed by atoms with E-state index >= 15 is 0 Å². The molecule has 128 valence electrons. The van der Waals surface area contributed by atoms with Crippen LogP contribution in [0.3, 0.4) is 0 Å². The van der Waals surface area contributed by atoms with Gasteiger partial charge >= 0.3 is 0 Å². The Hall–Kier alpha value is -2.96. The Kier molecular flexibility index (Phi) is 4.05. The standard InChI is InChI=1S/C18H18FN5O/c19-14-6-4-13(5-7-14)16-11-17(22-21-16)18(25)24-10-1-3-15(24)12-23-9-2-8-20-23/h2,4-9,11,15H,1,3,10,12H2,(H,21,22). The average molecular weight is 339 g/mol. The van der Waals surface area contributed by atoms with Gasteiger partial charge in [-0.15, -0.1) is 0 Å². The molecule has 0 radical (unpaired) electrons. The van der Waals surface area contributed by atoms with Crippen molar-refractivity contribution in [3.05, 3.63) is 60.3 Å². The predicted molar refractivity (Wildman–Crippen MR) is 90.3 cm³/mol. The van der Waals surface area contributed by atoms with Gasteiger partial charge in [0.15, 0.2) is 0 Å². The van der Waals surface area contributed by atoms with E-state index in [1.54, 1.807) is 24.4 Å². The molecule has 1 saturated heterocycles. The first kappa shape index (κ1) is 15.6. The number of aromatic amines is 1. The number of nitrogens with one attached hydrogen (secondary N) is 1. The van der Waals surface area contributed by atoms with Gasteiger partial charge in [0, 0.05) is 24.5 Å². The van der Waals surface area contributed by atoms with Gasteiger partial charge in [-0.2, -0.15) is 10.2 Å². The van der Waals surface area contributed by atoms with Gasteiger partial charge in [0.25, 0.3) is 5.91 Å². The summed E-state index contributed by atoms with van der Waals surface area (Å²) in [5.74, 6) is -0.357. The first-order valence-electron chi connectivity index (χ1n) is 8.30. The first-order valence-corrected chi connectivity index (χ1v) is 8.30. The Labute approximate surface area is 144 Å². The van der Waals surface area contributed by atoms with Crippen molar-refractivity contribution in [2.24, 2.45) is 0 Å². The lowest BCUT2D eigenvalue weighted by atomic mass is 10.1. The van der Waals surface area contributed by atoms with E-state index < -0.39 is 0 Å². The molecule has 1 aromatic carbocycles. The number of carbonyl (C=O) groups excluding carboxylic acids is 1. The van der Waals surface area contributed by atoms with Crippen molar-refractivity contribution in [2.75, 3.05) is 6.54 Å². The number of hydrogen-bond donors (Lipinski definition) is 1. The molecular formula is C18H18FN5O. The highest BCUT2D eigenvalue weighted by Gasteiger charge is 2.30. The zero-order chi connectivity index (χ0) is 17.2. The van der Waals surface area contributed by atoms with Crippen molar-refractivity contribution in [1.82, 2.24) is 24.9 Å². The van der Waals surface area contributed by atoms with Crippen LogP contribution in [0.5, 0.6) is 0 Å². The number of amides is 1. The zero-order valence-corrected chi connectivity index (χ0v) is 13.6. The molecule has 25 heavy (non-hydrogen) atoms. The van der Waals surface area contributed by atoms with Crippen LogP contribution in [0, 0.1) is 5.82 Å². The number of aromatic nitrogens is 4. The number of halogens is 1. The monoisotopic (exact) mass is 339 g/mol. The van der Waals surface area contributed by atoms with Crippen LogP contribution in [0.2, 0.25) is 0 Å². The number of rotatable bonds is 4. The van der Waals surface area contributed by atoms with Gasteiger partial charge in [0.05, 0.1) is 18.3 Å². The third-order valence-corrected chi connectivity index (χ3v) is 4.54. The van der Waals surface area contributed by atoms with E-state index in [9.17, 15) is 9.18 Å². The molecule has 1 amide bonds. The molecule has 3 aromatic rings. The Bertz CT molecular complexity index is 856. The average Bonchev–Trinajstić information content (AvgIpc) is 3.37. The molecule has 0 bridgehead atoms. The van der Waals surface area contributed by atoms with E-state index in [-0.39, 0.29) is 17.8 Å². The van der Waals surface area contributed by atoms with Gasteiger partial charge in [-0.3, -0.25) is 14.6 Å². The maximum Gasteiger partial charge on any atom is 0.272 e. The molecule has 1 unspecified atom stereocenters. The molecule has 1 atom stereocenters. The molecule has 0 aliphatic carbocycles. The predicted octanol–water partition coefficient (Wildman–Crippen LogP) is 2.72. The number of benzene rings is 1. The second-order valence-corrected chi connectivity index (χ2v) is 6.20. The second-order valence-electron chi connectivity index (χ2n) is 6.20. The highest BCUT2D eigenvalue weighted by atomic mass is 19.1.